The first-order chi connectivity index (χ1) is 12.2. The molecule has 3 aromatic rings. The van der Waals surface area contributed by atoms with Crippen LogP contribution in [0.5, 0.6) is 11.5 Å². The average Bonchev–Trinajstić information content (AvgIpc) is 3.01. The second-order valence-electron chi connectivity index (χ2n) is 5.98. The molecule has 0 atom stereocenters. The molecule has 25 heavy (non-hydrogen) atoms. The van der Waals surface area contributed by atoms with E-state index >= 15 is 0 Å². The van der Waals surface area contributed by atoms with Gasteiger partial charge >= 0.3 is 0 Å². The van der Waals surface area contributed by atoms with Crippen LogP contribution in [-0.4, -0.2) is 28.1 Å². The van der Waals surface area contributed by atoms with Crippen molar-refractivity contribution in [2.24, 2.45) is 0 Å². The Hall–Kier alpha value is -2.08. The predicted molar refractivity (Wildman–Crippen MR) is 100 cm³/mol. The second-order valence-corrected chi connectivity index (χ2v) is 7.45. The van der Waals surface area contributed by atoms with E-state index in [1.165, 1.54) is 4.88 Å². The van der Waals surface area contributed by atoms with Gasteiger partial charge in [-0.05, 0) is 35.7 Å². The van der Waals surface area contributed by atoms with Crippen LogP contribution in [-0.2, 0) is 13.1 Å². The van der Waals surface area contributed by atoms with E-state index in [-0.39, 0.29) is 5.75 Å². The standard InChI is InChI=1S/C19H17ClN2O2S/c20-15-3-4-17(21-10-15)13-8-14-11-22(12-16-2-1-7-25-16)5-6-24-19(14)18(23)9-13/h1-4,7-10,23H,5-6,11-12H2. The topological polar surface area (TPSA) is 45.6 Å². The fourth-order valence-electron chi connectivity index (χ4n) is 3.01. The molecule has 0 radical (unpaired) electrons. The minimum absolute atomic E-state index is 0.155. The number of halogens is 1. The van der Waals surface area contributed by atoms with Gasteiger partial charge in [0.15, 0.2) is 11.5 Å². The number of phenolic OH excluding ortho intramolecular Hbond substituents is 1. The number of fused-ring (bicyclic) bond motifs is 1. The van der Waals surface area contributed by atoms with Crippen LogP contribution in [0.2, 0.25) is 5.02 Å². The number of hydrogen-bond acceptors (Lipinski definition) is 5. The molecule has 6 heteroatoms. The highest BCUT2D eigenvalue weighted by Crippen LogP contribution is 2.37. The summed E-state index contributed by atoms with van der Waals surface area (Å²) in [5.74, 6) is 0.730. The van der Waals surface area contributed by atoms with Crippen molar-refractivity contribution in [2.45, 2.75) is 13.1 Å². The normalized spacial score (nSPS) is 14.6. The fraction of sp³-hybridized carbons (Fsp3) is 0.211. The van der Waals surface area contributed by atoms with Gasteiger partial charge in [0.2, 0.25) is 0 Å². The lowest BCUT2D eigenvalue weighted by Crippen LogP contribution is -2.24. The van der Waals surface area contributed by atoms with E-state index in [1.54, 1.807) is 29.7 Å². The molecule has 0 unspecified atom stereocenters. The van der Waals surface area contributed by atoms with Crippen LogP contribution in [0.15, 0.2) is 48.0 Å². The minimum atomic E-state index is 0.155. The number of rotatable bonds is 3. The fourth-order valence-corrected chi connectivity index (χ4v) is 3.86. The summed E-state index contributed by atoms with van der Waals surface area (Å²) in [4.78, 5) is 8.00. The number of thiophene rings is 1. The number of ether oxygens (including phenoxy) is 1. The molecule has 1 aromatic carbocycles. The van der Waals surface area contributed by atoms with E-state index in [1.807, 2.05) is 12.1 Å². The highest BCUT2D eigenvalue weighted by Gasteiger charge is 2.20. The molecular formula is C19H17ClN2O2S. The van der Waals surface area contributed by atoms with Crippen molar-refractivity contribution < 1.29 is 9.84 Å². The molecule has 0 spiro atoms. The third kappa shape index (κ3) is 3.63. The zero-order valence-electron chi connectivity index (χ0n) is 13.5. The van der Waals surface area contributed by atoms with Gasteiger partial charge in [-0.25, -0.2) is 0 Å². The van der Waals surface area contributed by atoms with Gasteiger partial charge in [0.25, 0.3) is 0 Å². The van der Waals surface area contributed by atoms with Crippen molar-refractivity contribution in [3.8, 4) is 22.8 Å². The number of hydrogen-bond donors (Lipinski definition) is 1. The van der Waals surface area contributed by atoms with Crippen molar-refractivity contribution in [3.05, 3.63) is 63.4 Å². The Morgan fingerprint density at radius 3 is 2.96 bits per heavy atom. The van der Waals surface area contributed by atoms with Crippen LogP contribution >= 0.6 is 22.9 Å². The van der Waals surface area contributed by atoms with Gasteiger partial charge < -0.3 is 9.84 Å². The first kappa shape index (κ1) is 16.4. The molecule has 2 aromatic heterocycles. The van der Waals surface area contributed by atoms with Gasteiger partial charge in [-0.2, -0.15) is 0 Å². The zero-order valence-corrected chi connectivity index (χ0v) is 15.1. The minimum Gasteiger partial charge on any atom is -0.504 e. The Balaban J connectivity index is 1.65. The van der Waals surface area contributed by atoms with E-state index in [2.05, 4.69) is 27.4 Å². The molecule has 0 fully saturated rings. The summed E-state index contributed by atoms with van der Waals surface area (Å²) in [6.45, 7) is 2.98. The third-order valence-corrected chi connectivity index (χ3v) is 5.26. The van der Waals surface area contributed by atoms with E-state index in [4.69, 9.17) is 16.3 Å². The predicted octanol–water partition coefficient (Wildman–Crippen LogP) is 4.56. The van der Waals surface area contributed by atoms with Crippen molar-refractivity contribution in [2.75, 3.05) is 13.2 Å². The second kappa shape index (κ2) is 7.04. The van der Waals surface area contributed by atoms with Gasteiger partial charge in [0, 0.05) is 41.8 Å². The van der Waals surface area contributed by atoms with Crippen molar-refractivity contribution >= 4 is 22.9 Å². The maximum atomic E-state index is 10.4. The molecule has 3 heterocycles. The smallest absolute Gasteiger partial charge is 0.165 e. The summed E-state index contributed by atoms with van der Waals surface area (Å²) >= 11 is 7.67. The van der Waals surface area contributed by atoms with Crippen LogP contribution in [0.3, 0.4) is 0 Å². The molecule has 0 aliphatic carbocycles. The van der Waals surface area contributed by atoms with E-state index in [0.29, 0.717) is 17.4 Å². The molecule has 128 valence electrons. The molecule has 4 rings (SSSR count). The number of aromatic nitrogens is 1. The van der Waals surface area contributed by atoms with Crippen LogP contribution in [0.4, 0.5) is 0 Å². The summed E-state index contributed by atoms with van der Waals surface area (Å²) in [6.07, 6.45) is 1.61. The van der Waals surface area contributed by atoms with Crippen LogP contribution < -0.4 is 4.74 Å². The Morgan fingerprint density at radius 1 is 1.28 bits per heavy atom. The number of benzene rings is 1. The van der Waals surface area contributed by atoms with Crippen LogP contribution in [0.1, 0.15) is 10.4 Å². The van der Waals surface area contributed by atoms with Crippen LogP contribution in [0.25, 0.3) is 11.3 Å². The molecule has 0 bridgehead atoms. The zero-order chi connectivity index (χ0) is 17.2. The first-order valence-corrected chi connectivity index (χ1v) is 9.30. The van der Waals surface area contributed by atoms with Crippen molar-refractivity contribution in [1.29, 1.82) is 0 Å². The van der Waals surface area contributed by atoms with E-state index in [9.17, 15) is 5.11 Å². The van der Waals surface area contributed by atoms with Gasteiger partial charge in [-0.1, -0.05) is 17.7 Å². The maximum absolute atomic E-state index is 10.4. The highest BCUT2D eigenvalue weighted by atomic mass is 35.5. The van der Waals surface area contributed by atoms with Gasteiger partial charge in [0.05, 0.1) is 10.7 Å². The molecule has 0 saturated carbocycles. The largest absolute Gasteiger partial charge is 0.504 e. The SMILES string of the molecule is Oc1cc(-c2ccc(Cl)cn2)cc2c1OCCN(Cc1cccs1)C2. The Kier molecular flexibility index (Phi) is 4.61. The Labute approximate surface area is 155 Å². The third-order valence-electron chi connectivity index (χ3n) is 4.18. The van der Waals surface area contributed by atoms with E-state index < -0.39 is 0 Å². The summed E-state index contributed by atoms with van der Waals surface area (Å²) < 4.78 is 5.81. The maximum Gasteiger partial charge on any atom is 0.165 e. The molecular weight excluding hydrogens is 356 g/mol. The van der Waals surface area contributed by atoms with Crippen molar-refractivity contribution in [1.82, 2.24) is 9.88 Å². The Bertz CT molecular complexity index is 866. The monoisotopic (exact) mass is 372 g/mol. The van der Waals surface area contributed by atoms with E-state index in [0.717, 1.165) is 36.5 Å². The Morgan fingerprint density at radius 2 is 2.20 bits per heavy atom. The molecule has 0 amide bonds. The van der Waals surface area contributed by atoms with Gasteiger partial charge in [-0.15, -0.1) is 11.3 Å². The lowest BCUT2D eigenvalue weighted by molar-refractivity contribution is 0.218. The molecule has 1 aliphatic heterocycles. The highest BCUT2D eigenvalue weighted by molar-refractivity contribution is 7.09. The molecule has 4 nitrogen and oxygen atoms in total. The van der Waals surface area contributed by atoms with Crippen molar-refractivity contribution in [3.63, 3.8) is 0 Å². The quantitative estimate of drug-likeness (QED) is 0.731. The average molecular weight is 373 g/mol. The van der Waals surface area contributed by atoms with Crippen LogP contribution in [0, 0.1) is 0 Å². The molecule has 0 saturated heterocycles. The number of aromatic hydroxyl groups is 1. The molecule has 1 aliphatic rings. The molecule has 1 N–H and O–H groups in total. The number of phenols is 1. The van der Waals surface area contributed by atoms with Gasteiger partial charge in [-0.3, -0.25) is 9.88 Å². The summed E-state index contributed by atoms with van der Waals surface area (Å²) in [5.41, 5.74) is 2.60. The summed E-state index contributed by atoms with van der Waals surface area (Å²) in [7, 11) is 0. The lowest BCUT2D eigenvalue weighted by atomic mass is 10.0. The summed E-state index contributed by atoms with van der Waals surface area (Å²) in [5, 5.41) is 13.1. The van der Waals surface area contributed by atoms with Gasteiger partial charge in [0.1, 0.15) is 6.61 Å². The first-order valence-electron chi connectivity index (χ1n) is 8.04. The number of pyridine rings is 1. The summed E-state index contributed by atoms with van der Waals surface area (Å²) in [6, 6.07) is 11.6. The number of nitrogens with zero attached hydrogens (tertiary/aromatic N) is 2. The lowest BCUT2D eigenvalue weighted by Gasteiger charge is -2.18.